The molecule has 4 rings (SSSR count). The fraction of sp³-hybridized carbons (Fsp3) is 0.439. The van der Waals surface area contributed by atoms with E-state index in [1.54, 1.807) is 36.5 Å². The highest BCUT2D eigenvalue weighted by Gasteiger charge is 2.30. The van der Waals surface area contributed by atoms with Crippen LogP contribution in [0.4, 0.5) is 11.4 Å². The third kappa shape index (κ3) is 12.5. The smallest absolute Gasteiger partial charge is 0.142 e. The maximum absolute atomic E-state index is 10.8. The zero-order valence-corrected chi connectivity index (χ0v) is 31.3. The predicted molar refractivity (Wildman–Crippen MR) is 210 cm³/mol. The maximum atomic E-state index is 10.8. The van der Waals surface area contributed by atoms with Gasteiger partial charge in [0.1, 0.15) is 11.5 Å². The quantitative estimate of drug-likeness (QED) is 0.0864. The van der Waals surface area contributed by atoms with E-state index in [2.05, 4.69) is 69.2 Å². The van der Waals surface area contributed by atoms with Crippen molar-refractivity contribution in [2.75, 3.05) is 11.5 Å². The Kier molecular flexibility index (Phi) is 13.2. The number of hydrogen-bond donors (Lipinski definition) is 8. The highest BCUT2D eigenvalue weighted by molar-refractivity contribution is 6.48. The summed E-state index contributed by atoms with van der Waals surface area (Å²) in [7, 11) is 0. The Hall–Kier alpha value is -4.43. The van der Waals surface area contributed by atoms with Gasteiger partial charge in [-0.3, -0.25) is 10.8 Å². The van der Waals surface area contributed by atoms with Gasteiger partial charge in [0, 0.05) is 17.5 Å². The lowest BCUT2D eigenvalue weighted by molar-refractivity contribution is 0.283. The van der Waals surface area contributed by atoms with E-state index >= 15 is 0 Å². The van der Waals surface area contributed by atoms with Gasteiger partial charge >= 0.3 is 0 Å². The Morgan fingerprint density at radius 2 is 0.959 bits per heavy atom. The van der Waals surface area contributed by atoms with Crippen LogP contribution in [0.1, 0.15) is 104 Å². The van der Waals surface area contributed by atoms with Crippen LogP contribution in [0.15, 0.2) is 72.9 Å². The van der Waals surface area contributed by atoms with Gasteiger partial charge in [-0.25, -0.2) is 0 Å². The van der Waals surface area contributed by atoms with E-state index < -0.39 is 0 Å². The van der Waals surface area contributed by atoms with E-state index in [9.17, 15) is 10.2 Å². The minimum absolute atomic E-state index is 0.0719. The molecule has 0 amide bonds. The lowest BCUT2D eigenvalue weighted by atomic mass is 9.71. The van der Waals surface area contributed by atoms with E-state index in [-0.39, 0.29) is 50.6 Å². The number of benzene rings is 2. The number of nitrogens with one attached hydrogen (secondary N) is 3. The van der Waals surface area contributed by atoms with Crippen molar-refractivity contribution in [2.45, 2.75) is 105 Å². The third-order valence-electron chi connectivity index (χ3n) is 8.32. The first kappa shape index (κ1) is 40.7. The molecule has 2 aliphatic rings. The van der Waals surface area contributed by atoms with Gasteiger partial charge in [-0.1, -0.05) is 112 Å². The lowest BCUT2D eigenvalue weighted by Crippen LogP contribution is -2.26. The van der Waals surface area contributed by atoms with Crippen molar-refractivity contribution >= 4 is 28.5 Å². The normalized spacial score (nSPS) is 16.2. The number of aromatic hydroxyl groups is 2. The number of hydrogen-bond acceptors (Lipinski definition) is 8. The summed E-state index contributed by atoms with van der Waals surface area (Å²) in [6.45, 7) is 22.2. The highest BCUT2D eigenvalue weighted by atomic mass is 16.3. The van der Waals surface area contributed by atoms with Crippen molar-refractivity contribution in [3.05, 3.63) is 95.1 Å². The van der Waals surface area contributed by atoms with E-state index in [1.807, 2.05) is 36.4 Å². The van der Waals surface area contributed by atoms with Crippen LogP contribution in [0.5, 0.6) is 11.5 Å². The van der Waals surface area contributed by atoms with Crippen molar-refractivity contribution in [1.29, 1.82) is 16.2 Å². The zero-order valence-electron chi connectivity index (χ0n) is 31.3. The molecule has 0 fully saturated rings. The van der Waals surface area contributed by atoms with Gasteiger partial charge in [0.2, 0.25) is 0 Å². The van der Waals surface area contributed by atoms with E-state index in [0.717, 1.165) is 24.0 Å². The largest absolute Gasteiger partial charge is 0.505 e. The second-order valence-corrected chi connectivity index (χ2v) is 16.8. The van der Waals surface area contributed by atoms with Crippen LogP contribution in [0.2, 0.25) is 0 Å². The first-order valence-corrected chi connectivity index (χ1v) is 16.8. The molecule has 0 bridgehead atoms. The van der Waals surface area contributed by atoms with Crippen molar-refractivity contribution < 1.29 is 10.2 Å². The average Bonchev–Trinajstić information content (AvgIpc) is 2.94. The number of nitrogen functional groups attached to an aromatic ring is 2. The van der Waals surface area contributed by atoms with Gasteiger partial charge in [0.15, 0.2) is 0 Å². The Morgan fingerprint density at radius 1 is 0.592 bits per heavy atom. The van der Waals surface area contributed by atoms with Crippen molar-refractivity contribution in [2.24, 2.45) is 16.6 Å². The molecular formula is C41H60N6O2. The molecule has 0 radical (unpaired) electrons. The van der Waals surface area contributed by atoms with Crippen LogP contribution in [-0.2, 0) is 17.3 Å². The number of nitrogens with two attached hydrogens (primary N) is 3. The molecule has 266 valence electrons. The summed E-state index contributed by atoms with van der Waals surface area (Å²) < 4.78 is 0. The van der Waals surface area contributed by atoms with Crippen LogP contribution in [-0.4, -0.2) is 33.4 Å². The molecule has 8 heteroatoms. The molecule has 0 aliphatic heterocycles. The van der Waals surface area contributed by atoms with Crippen LogP contribution >= 0.6 is 0 Å². The van der Waals surface area contributed by atoms with Crippen LogP contribution < -0.4 is 17.2 Å². The minimum Gasteiger partial charge on any atom is -0.505 e. The highest BCUT2D eigenvalue weighted by Crippen LogP contribution is 2.43. The Balaban J connectivity index is 0.000000419. The number of phenolic OH excluding ortho intramolecular Hbond substituents is 2. The van der Waals surface area contributed by atoms with Crippen molar-refractivity contribution in [3.8, 4) is 11.5 Å². The molecule has 0 aromatic heterocycles. The summed E-state index contributed by atoms with van der Waals surface area (Å²) in [6.07, 6.45) is 16.1. The molecule has 11 N–H and O–H groups in total. The molecule has 0 saturated heterocycles. The Labute approximate surface area is 294 Å². The maximum Gasteiger partial charge on any atom is 0.142 e. The molecule has 2 aromatic rings. The molecule has 49 heavy (non-hydrogen) atoms. The second kappa shape index (κ2) is 15.9. The summed E-state index contributed by atoms with van der Waals surface area (Å²) in [6, 6.07) is 7.63. The molecular weight excluding hydrogens is 608 g/mol. The summed E-state index contributed by atoms with van der Waals surface area (Å²) in [5.74, 6) is 0.144. The minimum atomic E-state index is -0.181. The third-order valence-corrected chi connectivity index (χ3v) is 8.32. The van der Waals surface area contributed by atoms with Crippen LogP contribution in [0, 0.1) is 27.1 Å². The average molecular weight is 669 g/mol. The van der Waals surface area contributed by atoms with E-state index in [4.69, 9.17) is 33.4 Å². The molecule has 8 nitrogen and oxygen atoms in total. The molecule has 0 saturated carbocycles. The first-order chi connectivity index (χ1) is 22.3. The Bertz CT molecular complexity index is 1560. The van der Waals surface area contributed by atoms with Gasteiger partial charge < -0.3 is 32.8 Å². The van der Waals surface area contributed by atoms with Crippen LogP contribution in [0.25, 0.3) is 0 Å². The molecule has 0 heterocycles. The summed E-state index contributed by atoms with van der Waals surface area (Å²) in [5.41, 5.74) is 23.3. The van der Waals surface area contributed by atoms with Crippen molar-refractivity contribution in [3.63, 3.8) is 0 Å². The number of anilines is 2. The molecule has 0 spiro atoms. The van der Waals surface area contributed by atoms with Gasteiger partial charge in [0.05, 0.1) is 34.6 Å². The van der Waals surface area contributed by atoms with Gasteiger partial charge in [-0.05, 0) is 76.0 Å². The van der Waals surface area contributed by atoms with E-state index in [1.165, 1.54) is 0 Å². The second-order valence-electron chi connectivity index (χ2n) is 16.8. The number of allylic oxidation sites excluding steroid dienone is 6. The summed E-state index contributed by atoms with van der Waals surface area (Å²) in [4.78, 5) is 0. The summed E-state index contributed by atoms with van der Waals surface area (Å²) >= 11 is 0. The molecule has 2 aromatic carbocycles. The fourth-order valence-electron chi connectivity index (χ4n) is 6.59. The van der Waals surface area contributed by atoms with Gasteiger partial charge in [-0.15, -0.1) is 0 Å². The van der Waals surface area contributed by atoms with Crippen LogP contribution in [0.3, 0.4) is 0 Å². The topological polar surface area (TPSA) is 190 Å². The van der Waals surface area contributed by atoms with Gasteiger partial charge in [-0.2, -0.15) is 0 Å². The Morgan fingerprint density at radius 3 is 1.24 bits per heavy atom. The first-order valence-electron chi connectivity index (χ1n) is 16.8. The number of rotatable bonds is 6. The number of phenols is 2. The standard InChI is InChI=1S/C29H46N2O2.C6H8N2.C6H6N2/c1-26(2,3)16-28(7,8)20-12-18(24(32)22(30)14-20)11-19-13-21(15-23(31)25(19)33)29(9,10)17-27(4,5)6;2*7-5-3-1-2-4-6(5)8/h12-15,32-33H,11,16-17,30-31H2,1-10H3;1-5,8H,7H2;1-4,7-8H. The monoisotopic (exact) mass is 668 g/mol. The molecule has 1 unspecified atom stereocenters. The van der Waals surface area contributed by atoms with Gasteiger partial charge in [0.25, 0.3) is 0 Å². The lowest BCUT2D eigenvalue weighted by Gasteiger charge is -2.34. The SMILES string of the molecule is CC(C)(C)CC(C)(C)c1cc(N)c(O)c(Cc2cc(C(C)(C)CC(C)(C)C)cc(N)c2O)c1.N=C1C=CC=CC1=N.N=C1C=CC=CC1N. The molecule has 1 atom stereocenters. The predicted octanol–water partition coefficient (Wildman–Crippen LogP) is 8.89. The van der Waals surface area contributed by atoms with Crippen molar-refractivity contribution in [1.82, 2.24) is 0 Å². The fourth-order valence-corrected chi connectivity index (χ4v) is 6.59. The molecule has 2 aliphatic carbocycles. The van der Waals surface area contributed by atoms with E-state index in [0.29, 0.717) is 34.6 Å². The zero-order chi connectivity index (χ0) is 37.5. The summed E-state index contributed by atoms with van der Waals surface area (Å²) in [5, 5.41) is 42.8.